The molecular formula is C19H24N4O. The Morgan fingerprint density at radius 2 is 1.96 bits per heavy atom. The van der Waals surface area contributed by atoms with E-state index in [1.54, 1.807) is 6.07 Å². The number of nitrogens with zero attached hydrogens (tertiary/aromatic N) is 2. The lowest BCUT2D eigenvalue weighted by molar-refractivity contribution is 0.0932. The van der Waals surface area contributed by atoms with Crippen LogP contribution in [-0.4, -0.2) is 21.9 Å². The van der Waals surface area contributed by atoms with Gasteiger partial charge in [0.1, 0.15) is 5.69 Å². The van der Waals surface area contributed by atoms with Gasteiger partial charge < -0.3 is 10.6 Å². The standard InChI is InChI=1S/C19H24N4O/c1-3-14-8-4-7-11-16(14)22-19-20-13(2)12-17(23-19)18(24)21-15-9-5-6-10-15/h4,7-8,11-12,15H,3,5-6,9-10H2,1-2H3,(H,21,24)(H,20,22,23). The van der Waals surface area contributed by atoms with Gasteiger partial charge in [-0.3, -0.25) is 4.79 Å². The zero-order valence-corrected chi connectivity index (χ0v) is 14.3. The smallest absolute Gasteiger partial charge is 0.270 e. The fourth-order valence-electron chi connectivity index (χ4n) is 3.14. The number of benzene rings is 1. The number of rotatable bonds is 5. The molecule has 0 radical (unpaired) electrons. The van der Waals surface area contributed by atoms with Crippen molar-refractivity contribution >= 4 is 17.5 Å². The summed E-state index contributed by atoms with van der Waals surface area (Å²) in [5.74, 6) is 0.353. The van der Waals surface area contributed by atoms with Crippen LogP contribution in [0, 0.1) is 6.92 Å². The number of aryl methyl sites for hydroxylation is 2. The minimum Gasteiger partial charge on any atom is -0.348 e. The first-order valence-electron chi connectivity index (χ1n) is 8.67. The van der Waals surface area contributed by atoms with Crippen LogP contribution in [0.3, 0.4) is 0 Å². The Labute approximate surface area is 142 Å². The third kappa shape index (κ3) is 3.91. The quantitative estimate of drug-likeness (QED) is 0.879. The molecule has 5 nitrogen and oxygen atoms in total. The van der Waals surface area contributed by atoms with Crippen LogP contribution >= 0.6 is 0 Å². The lowest BCUT2D eigenvalue weighted by Gasteiger charge is -2.13. The molecule has 0 atom stereocenters. The van der Waals surface area contributed by atoms with Gasteiger partial charge in [0.25, 0.3) is 5.91 Å². The van der Waals surface area contributed by atoms with E-state index in [4.69, 9.17) is 0 Å². The van der Waals surface area contributed by atoms with E-state index in [0.29, 0.717) is 11.6 Å². The molecule has 1 aliphatic rings. The summed E-state index contributed by atoms with van der Waals surface area (Å²) in [6.45, 7) is 3.99. The Bertz CT molecular complexity index is 723. The second-order valence-electron chi connectivity index (χ2n) is 6.31. The molecule has 1 amide bonds. The van der Waals surface area contributed by atoms with Crippen LogP contribution < -0.4 is 10.6 Å². The van der Waals surface area contributed by atoms with Crippen molar-refractivity contribution in [2.45, 2.75) is 52.0 Å². The molecule has 1 fully saturated rings. The van der Waals surface area contributed by atoms with Gasteiger partial charge in [-0.2, -0.15) is 0 Å². The Balaban J connectivity index is 1.79. The summed E-state index contributed by atoms with van der Waals surface area (Å²) in [5, 5.41) is 6.33. The lowest BCUT2D eigenvalue weighted by atomic mass is 10.1. The van der Waals surface area contributed by atoms with Crippen molar-refractivity contribution < 1.29 is 4.79 Å². The van der Waals surface area contributed by atoms with Crippen molar-refractivity contribution in [2.24, 2.45) is 0 Å². The topological polar surface area (TPSA) is 66.9 Å². The number of aromatic nitrogens is 2. The van der Waals surface area contributed by atoms with Crippen molar-refractivity contribution in [1.29, 1.82) is 0 Å². The summed E-state index contributed by atoms with van der Waals surface area (Å²) < 4.78 is 0. The maximum Gasteiger partial charge on any atom is 0.270 e. The van der Waals surface area contributed by atoms with Crippen LogP contribution in [0.1, 0.15) is 54.4 Å². The normalized spacial score (nSPS) is 14.6. The summed E-state index contributed by atoms with van der Waals surface area (Å²) in [4.78, 5) is 21.3. The fourth-order valence-corrected chi connectivity index (χ4v) is 3.14. The van der Waals surface area contributed by atoms with Crippen molar-refractivity contribution in [3.8, 4) is 0 Å². The highest BCUT2D eigenvalue weighted by molar-refractivity contribution is 5.93. The maximum atomic E-state index is 12.5. The van der Waals surface area contributed by atoms with Gasteiger partial charge in [-0.25, -0.2) is 9.97 Å². The third-order valence-corrected chi connectivity index (χ3v) is 4.42. The Morgan fingerprint density at radius 1 is 1.21 bits per heavy atom. The summed E-state index contributed by atoms with van der Waals surface area (Å²) in [6, 6.07) is 10.1. The Kier molecular flexibility index (Phi) is 5.08. The first kappa shape index (κ1) is 16.4. The number of anilines is 2. The number of amides is 1. The first-order chi connectivity index (χ1) is 11.7. The van der Waals surface area contributed by atoms with Gasteiger partial charge in [0.05, 0.1) is 0 Å². The Morgan fingerprint density at radius 3 is 2.71 bits per heavy atom. The Hall–Kier alpha value is -2.43. The summed E-state index contributed by atoms with van der Waals surface area (Å²) in [7, 11) is 0. The molecule has 0 saturated heterocycles. The van der Waals surface area contributed by atoms with E-state index in [0.717, 1.165) is 30.6 Å². The molecule has 126 valence electrons. The van der Waals surface area contributed by atoms with Crippen molar-refractivity contribution in [2.75, 3.05) is 5.32 Å². The minimum atomic E-state index is -0.112. The van der Waals surface area contributed by atoms with Gasteiger partial charge >= 0.3 is 0 Å². The van der Waals surface area contributed by atoms with E-state index < -0.39 is 0 Å². The zero-order chi connectivity index (χ0) is 16.9. The van der Waals surface area contributed by atoms with Crippen LogP contribution in [-0.2, 0) is 6.42 Å². The third-order valence-electron chi connectivity index (χ3n) is 4.42. The molecule has 1 aliphatic carbocycles. The number of carbonyl (C=O) groups excluding carboxylic acids is 1. The molecule has 0 unspecified atom stereocenters. The van der Waals surface area contributed by atoms with Gasteiger partial charge in [0.2, 0.25) is 5.95 Å². The molecule has 5 heteroatoms. The molecule has 0 bridgehead atoms. The average Bonchev–Trinajstić information content (AvgIpc) is 3.08. The van der Waals surface area contributed by atoms with Crippen molar-refractivity contribution in [1.82, 2.24) is 15.3 Å². The largest absolute Gasteiger partial charge is 0.348 e. The van der Waals surface area contributed by atoms with Crippen LogP contribution in [0.4, 0.5) is 11.6 Å². The molecule has 0 spiro atoms. The van der Waals surface area contributed by atoms with Gasteiger partial charge in [0, 0.05) is 17.4 Å². The molecule has 2 aromatic rings. The van der Waals surface area contributed by atoms with Crippen LogP contribution in [0.5, 0.6) is 0 Å². The minimum absolute atomic E-state index is 0.112. The van der Waals surface area contributed by atoms with E-state index in [-0.39, 0.29) is 11.9 Å². The molecule has 1 saturated carbocycles. The predicted molar refractivity (Wildman–Crippen MR) is 95.6 cm³/mol. The average molecular weight is 324 g/mol. The van der Waals surface area contributed by atoms with Crippen LogP contribution in [0.2, 0.25) is 0 Å². The maximum absolute atomic E-state index is 12.5. The number of hydrogen-bond donors (Lipinski definition) is 2. The van der Waals surface area contributed by atoms with Gasteiger partial charge in [0.15, 0.2) is 0 Å². The second-order valence-corrected chi connectivity index (χ2v) is 6.31. The number of carbonyl (C=O) groups is 1. The van der Waals surface area contributed by atoms with Gasteiger partial charge in [-0.05, 0) is 43.9 Å². The van der Waals surface area contributed by atoms with E-state index in [1.165, 1.54) is 18.4 Å². The van der Waals surface area contributed by atoms with E-state index in [9.17, 15) is 4.79 Å². The summed E-state index contributed by atoms with van der Waals surface area (Å²) in [6.07, 6.45) is 5.42. The molecule has 0 aliphatic heterocycles. The SMILES string of the molecule is CCc1ccccc1Nc1nc(C)cc(C(=O)NC2CCCC2)n1. The van der Waals surface area contributed by atoms with Gasteiger partial charge in [-0.15, -0.1) is 0 Å². The molecule has 1 heterocycles. The van der Waals surface area contributed by atoms with E-state index in [1.807, 2.05) is 25.1 Å². The molecule has 1 aromatic heterocycles. The number of para-hydroxylation sites is 1. The van der Waals surface area contributed by atoms with Crippen molar-refractivity contribution in [3.63, 3.8) is 0 Å². The highest BCUT2D eigenvalue weighted by Gasteiger charge is 2.19. The predicted octanol–water partition coefficient (Wildman–Crippen LogP) is 3.76. The van der Waals surface area contributed by atoms with Crippen LogP contribution in [0.15, 0.2) is 30.3 Å². The number of hydrogen-bond acceptors (Lipinski definition) is 4. The highest BCUT2D eigenvalue weighted by atomic mass is 16.1. The van der Waals surface area contributed by atoms with Crippen LogP contribution in [0.25, 0.3) is 0 Å². The van der Waals surface area contributed by atoms with Crippen molar-refractivity contribution in [3.05, 3.63) is 47.3 Å². The molecular weight excluding hydrogens is 300 g/mol. The molecule has 1 aromatic carbocycles. The monoisotopic (exact) mass is 324 g/mol. The molecule has 2 N–H and O–H groups in total. The lowest BCUT2D eigenvalue weighted by Crippen LogP contribution is -2.33. The van der Waals surface area contributed by atoms with E-state index in [2.05, 4.69) is 33.6 Å². The summed E-state index contributed by atoms with van der Waals surface area (Å²) >= 11 is 0. The number of nitrogens with one attached hydrogen (secondary N) is 2. The zero-order valence-electron chi connectivity index (χ0n) is 14.3. The fraction of sp³-hybridized carbons (Fsp3) is 0.421. The van der Waals surface area contributed by atoms with Gasteiger partial charge in [-0.1, -0.05) is 38.0 Å². The second kappa shape index (κ2) is 7.43. The molecule has 24 heavy (non-hydrogen) atoms. The first-order valence-corrected chi connectivity index (χ1v) is 8.67. The highest BCUT2D eigenvalue weighted by Crippen LogP contribution is 2.20. The molecule has 3 rings (SSSR count). The van der Waals surface area contributed by atoms with E-state index >= 15 is 0 Å². The summed E-state index contributed by atoms with van der Waals surface area (Å²) in [5.41, 5.74) is 3.37.